The molecule has 0 amide bonds. The first-order valence-corrected chi connectivity index (χ1v) is 5.02. The van der Waals surface area contributed by atoms with Gasteiger partial charge in [-0.25, -0.2) is 9.86 Å². The highest BCUT2D eigenvalue weighted by Crippen LogP contribution is 2.32. The predicted octanol–water partition coefficient (Wildman–Crippen LogP) is 0.525. The van der Waals surface area contributed by atoms with E-state index in [9.17, 15) is 10.0 Å². The van der Waals surface area contributed by atoms with Crippen LogP contribution in [0.5, 0.6) is 0 Å². The van der Waals surface area contributed by atoms with E-state index in [1.54, 1.807) is 13.0 Å². The molecule has 1 rings (SSSR count). The zero-order chi connectivity index (χ0) is 11.5. The Morgan fingerprint density at radius 1 is 1.67 bits per heavy atom. The summed E-state index contributed by atoms with van der Waals surface area (Å²) in [6.45, 7) is 3.56. The Balaban J connectivity index is 2.75. The van der Waals surface area contributed by atoms with Crippen LogP contribution in [0.1, 0.15) is 20.3 Å². The lowest BCUT2D eigenvalue weighted by molar-refractivity contribution is -0.184. The number of aliphatic hydroxyl groups is 1. The van der Waals surface area contributed by atoms with Crippen LogP contribution in [-0.2, 0) is 9.53 Å². The lowest BCUT2D eigenvalue weighted by Gasteiger charge is -2.33. The second kappa shape index (κ2) is 4.63. The monoisotopic (exact) mass is 215 g/mol. The van der Waals surface area contributed by atoms with Gasteiger partial charge in [0, 0.05) is 12.1 Å². The number of esters is 1. The fourth-order valence-corrected chi connectivity index (χ4v) is 1.52. The van der Waals surface area contributed by atoms with Crippen molar-refractivity contribution in [2.24, 2.45) is 5.92 Å². The van der Waals surface area contributed by atoms with Crippen molar-refractivity contribution in [1.29, 1.82) is 0 Å². The first-order chi connectivity index (χ1) is 7.07. The lowest BCUT2D eigenvalue weighted by Crippen LogP contribution is -2.52. The van der Waals surface area contributed by atoms with E-state index in [-0.39, 0.29) is 6.61 Å². The average Bonchev–Trinajstić information content (AvgIpc) is 2.53. The molecule has 0 aromatic rings. The van der Waals surface area contributed by atoms with Gasteiger partial charge in [-0.15, -0.1) is 0 Å². The first kappa shape index (κ1) is 12.0. The summed E-state index contributed by atoms with van der Waals surface area (Å²) in [5, 5.41) is 19.4. The third kappa shape index (κ3) is 1.98. The van der Waals surface area contributed by atoms with E-state index in [1.165, 1.54) is 6.20 Å². The van der Waals surface area contributed by atoms with Crippen LogP contribution in [0.4, 0.5) is 0 Å². The first-order valence-electron chi connectivity index (χ1n) is 5.02. The molecule has 0 aromatic carbocycles. The Hall–Kier alpha value is -1.07. The van der Waals surface area contributed by atoms with Gasteiger partial charge in [0.25, 0.3) is 0 Å². The summed E-state index contributed by atoms with van der Waals surface area (Å²) >= 11 is 0. The van der Waals surface area contributed by atoms with Crippen LogP contribution in [0.2, 0.25) is 0 Å². The molecule has 0 saturated heterocycles. The fourth-order valence-electron chi connectivity index (χ4n) is 1.52. The van der Waals surface area contributed by atoms with Gasteiger partial charge in [0.15, 0.2) is 5.54 Å². The molecule has 0 aromatic heterocycles. The molecule has 0 fully saturated rings. The number of rotatable bonds is 4. The fraction of sp³-hybridized carbons (Fsp3) is 0.700. The van der Waals surface area contributed by atoms with E-state index in [4.69, 9.17) is 9.84 Å². The molecule has 2 atom stereocenters. The minimum atomic E-state index is -1.20. The molecule has 2 N–H and O–H groups in total. The molecule has 0 aliphatic carbocycles. The highest BCUT2D eigenvalue weighted by molar-refractivity contribution is 5.81. The second-order valence-corrected chi connectivity index (χ2v) is 3.76. The average molecular weight is 215 g/mol. The second-order valence-electron chi connectivity index (χ2n) is 3.76. The molecule has 0 spiro atoms. The van der Waals surface area contributed by atoms with Crippen molar-refractivity contribution in [2.45, 2.75) is 25.8 Å². The van der Waals surface area contributed by atoms with E-state index in [1.807, 2.05) is 6.92 Å². The predicted molar refractivity (Wildman–Crippen MR) is 53.0 cm³/mol. The van der Waals surface area contributed by atoms with Crippen LogP contribution >= 0.6 is 0 Å². The lowest BCUT2D eigenvalue weighted by atomic mass is 9.88. The molecular formula is C10H17NO4. The zero-order valence-electron chi connectivity index (χ0n) is 9.01. The number of nitrogens with zero attached hydrogens (tertiary/aromatic N) is 1. The van der Waals surface area contributed by atoms with Crippen LogP contribution in [0, 0.1) is 5.92 Å². The largest absolute Gasteiger partial charge is 0.464 e. The van der Waals surface area contributed by atoms with Gasteiger partial charge in [-0.05, 0) is 13.3 Å². The van der Waals surface area contributed by atoms with Crippen molar-refractivity contribution in [2.75, 3.05) is 13.2 Å². The number of hydroxylamine groups is 2. The topological polar surface area (TPSA) is 70.0 Å². The van der Waals surface area contributed by atoms with Gasteiger partial charge < -0.3 is 9.84 Å². The number of carbonyl (C=O) groups is 1. The normalized spacial score (nSPS) is 29.6. The van der Waals surface area contributed by atoms with Crippen molar-refractivity contribution in [3.8, 4) is 0 Å². The van der Waals surface area contributed by atoms with Crippen molar-refractivity contribution < 1.29 is 19.8 Å². The number of hydrogen-bond donors (Lipinski definition) is 2. The molecule has 5 nitrogen and oxygen atoms in total. The summed E-state index contributed by atoms with van der Waals surface area (Å²) in [7, 11) is 0. The zero-order valence-corrected chi connectivity index (χ0v) is 9.01. The van der Waals surface area contributed by atoms with Crippen molar-refractivity contribution in [1.82, 2.24) is 5.06 Å². The van der Waals surface area contributed by atoms with Crippen LogP contribution in [0.3, 0.4) is 0 Å². The Bertz CT molecular complexity index is 266. The van der Waals surface area contributed by atoms with Crippen molar-refractivity contribution in [3.05, 3.63) is 12.3 Å². The van der Waals surface area contributed by atoms with Gasteiger partial charge in [-0.2, -0.15) is 0 Å². The van der Waals surface area contributed by atoms with Crippen LogP contribution in [-0.4, -0.2) is 40.1 Å². The Morgan fingerprint density at radius 2 is 2.33 bits per heavy atom. The van der Waals surface area contributed by atoms with Crippen LogP contribution < -0.4 is 0 Å². The highest BCUT2D eigenvalue weighted by atomic mass is 16.6. The third-order valence-corrected chi connectivity index (χ3v) is 2.70. The van der Waals surface area contributed by atoms with Gasteiger partial charge in [0.2, 0.25) is 0 Å². The maximum absolute atomic E-state index is 11.7. The van der Waals surface area contributed by atoms with Gasteiger partial charge >= 0.3 is 5.97 Å². The van der Waals surface area contributed by atoms with Crippen LogP contribution in [0.25, 0.3) is 0 Å². The summed E-state index contributed by atoms with van der Waals surface area (Å²) < 4.78 is 4.99. The van der Waals surface area contributed by atoms with Gasteiger partial charge in [0.05, 0.1) is 13.2 Å². The summed E-state index contributed by atoms with van der Waals surface area (Å²) in [5.74, 6) is -0.956. The molecule has 0 saturated carbocycles. The maximum Gasteiger partial charge on any atom is 0.334 e. The molecule has 0 radical (unpaired) electrons. The van der Waals surface area contributed by atoms with E-state index in [2.05, 4.69) is 0 Å². The van der Waals surface area contributed by atoms with Gasteiger partial charge in [-0.1, -0.05) is 13.0 Å². The quantitative estimate of drug-likeness (QED) is 0.669. The minimum absolute atomic E-state index is 0.203. The van der Waals surface area contributed by atoms with Gasteiger partial charge in [-0.3, -0.25) is 5.21 Å². The molecule has 15 heavy (non-hydrogen) atoms. The molecule has 1 aliphatic heterocycles. The smallest absolute Gasteiger partial charge is 0.334 e. The van der Waals surface area contributed by atoms with E-state index in [0.717, 1.165) is 11.5 Å². The molecule has 2 unspecified atom stereocenters. The summed E-state index contributed by atoms with van der Waals surface area (Å²) in [6.07, 6.45) is 3.69. The summed E-state index contributed by atoms with van der Waals surface area (Å²) in [6, 6.07) is 0. The van der Waals surface area contributed by atoms with Gasteiger partial charge in [0.1, 0.15) is 0 Å². The molecule has 1 heterocycles. The number of aliphatic hydroxyl groups excluding tert-OH is 1. The number of ether oxygens (including phenoxy) is 1. The summed E-state index contributed by atoms with van der Waals surface area (Å²) in [5.41, 5.74) is -1.20. The molecular weight excluding hydrogens is 198 g/mol. The Kier molecular flexibility index (Phi) is 3.71. The maximum atomic E-state index is 11.7. The molecule has 5 heteroatoms. The van der Waals surface area contributed by atoms with E-state index >= 15 is 0 Å². The Morgan fingerprint density at radius 3 is 2.87 bits per heavy atom. The van der Waals surface area contributed by atoms with Crippen LogP contribution in [0.15, 0.2) is 12.3 Å². The Labute approximate surface area is 88.9 Å². The van der Waals surface area contributed by atoms with Crippen molar-refractivity contribution in [3.63, 3.8) is 0 Å². The van der Waals surface area contributed by atoms with E-state index < -0.39 is 17.4 Å². The minimum Gasteiger partial charge on any atom is -0.464 e. The molecule has 0 bridgehead atoms. The van der Waals surface area contributed by atoms with Crippen molar-refractivity contribution >= 4 is 5.97 Å². The molecule has 1 aliphatic rings. The van der Waals surface area contributed by atoms with E-state index in [0.29, 0.717) is 6.61 Å². The number of carbonyl (C=O) groups excluding carboxylic acids is 1. The highest BCUT2D eigenvalue weighted by Gasteiger charge is 2.48. The SMILES string of the molecule is CCCOC(=O)C1(C)C(CO)C=CN1O. The third-order valence-electron chi connectivity index (χ3n) is 2.70. The molecule has 86 valence electrons. The summed E-state index contributed by atoms with van der Waals surface area (Å²) in [4.78, 5) is 11.7. The standard InChI is InChI=1S/C10H17NO4/c1-3-6-15-9(13)10(2)8(7-12)4-5-11(10)14/h4-5,8,12,14H,3,6-7H2,1-2H3. The number of hydrogen-bond acceptors (Lipinski definition) is 5.